The van der Waals surface area contributed by atoms with Crippen LogP contribution in [0.25, 0.3) is 0 Å². The molecule has 0 aliphatic rings. The van der Waals surface area contributed by atoms with E-state index in [1.807, 2.05) is 0 Å². The van der Waals surface area contributed by atoms with Crippen molar-refractivity contribution in [1.29, 1.82) is 0 Å². The molecule has 0 rings (SSSR count). The number of nitrogens with zero attached hydrogens (tertiary/aromatic N) is 1. The first kappa shape index (κ1) is 17.2. The van der Waals surface area contributed by atoms with Gasteiger partial charge in [0.1, 0.15) is 6.04 Å². The number of carbonyl (C=O) groups excluding carboxylic acids is 1. The van der Waals surface area contributed by atoms with Crippen LogP contribution >= 0.6 is 0 Å². The van der Waals surface area contributed by atoms with Crippen LogP contribution in [0.1, 0.15) is 25.7 Å². The first-order valence-electron chi connectivity index (χ1n) is 5.37. The molecule has 10 heteroatoms. The van der Waals surface area contributed by atoms with E-state index in [2.05, 4.69) is 10.2 Å². The molecule has 0 aromatic rings. The first-order chi connectivity index (χ1) is 8.82. The summed E-state index contributed by atoms with van der Waals surface area (Å²) in [6.45, 7) is -0.146. The van der Waals surface area contributed by atoms with E-state index in [-0.39, 0.29) is 32.3 Å². The minimum atomic E-state index is -1.32. The highest BCUT2D eigenvalue weighted by molar-refractivity contribution is 5.83. The molecule has 5 N–H and O–H groups in total. The van der Waals surface area contributed by atoms with Gasteiger partial charge in [-0.15, -0.1) is 0 Å². The Hall–Kier alpha value is -1.75. The molecule has 10 nitrogen and oxygen atoms in total. The lowest BCUT2D eigenvalue weighted by Crippen LogP contribution is -2.41. The minimum absolute atomic E-state index is 0.0926. The third-order valence-corrected chi connectivity index (χ3v) is 2.04. The van der Waals surface area contributed by atoms with Crippen LogP contribution in [0.4, 0.5) is 0 Å². The Morgan fingerprint density at radius 2 is 1.79 bits per heavy atom. The van der Waals surface area contributed by atoms with Crippen LogP contribution in [0.5, 0.6) is 0 Å². The summed E-state index contributed by atoms with van der Waals surface area (Å²) >= 11 is 0. The van der Waals surface area contributed by atoms with Gasteiger partial charge in [-0.3, -0.25) is 24.8 Å². The topological polar surface area (TPSA) is 157 Å². The van der Waals surface area contributed by atoms with Crippen LogP contribution in [-0.4, -0.2) is 56.5 Å². The highest BCUT2D eigenvalue weighted by Gasteiger charge is 2.20. The standard InChI is InChI=1S/C9H16N2O8/c12-7(2-1-5-19-11(17)18)10-6(9(15)16)3-4-8(13)14/h6,17-18H,1-5H2,(H,10,12)(H,13,14)(H,15,16). The van der Waals surface area contributed by atoms with E-state index < -0.39 is 29.3 Å². The van der Waals surface area contributed by atoms with E-state index in [0.717, 1.165) is 0 Å². The van der Waals surface area contributed by atoms with Crippen LogP contribution in [0.3, 0.4) is 0 Å². The molecule has 0 heterocycles. The summed E-state index contributed by atoms with van der Waals surface area (Å²) in [6, 6.07) is -1.27. The molecule has 0 aliphatic carbocycles. The van der Waals surface area contributed by atoms with Gasteiger partial charge in [-0.05, 0) is 12.8 Å². The van der Waals surface area contributed by atoms with Crippen LogP contribution in [-0.2, 0) is 19.2 Å². The third-order valence-electron chi connectivity index (χ3n) is 2.04. The second-order valence-corrected chi connectivity index (χ2v) is 3.58. The van der Waals surface area contributed by atoms with Gasteiger partial charge in [0.05, 0.1) is 12.0 Å². The fraction of sp³-hybridized carbons (Fsp3) is 0.667. The van der Waals surface area contributed by atoms with E-state index in [0.29, 0.717) is 0 Å². The molecule has 19 heavy (non-hydrogen) atoms. The molecule has 1 unspecified atom stereocenters. The molecule has 0 fully saturated rings. The number of carbonyl (C=O) groups is 3. The van der Waals surface area contributed by atoms with Gasteiger partial charge in [0.2, 0.25) is 5.91 Å². The Kier molecular flexibility index (Phi) is 8.37. The van der Waals surface area contributed by atoms with Crippen molar-refractivity contribution in [3.05, 3.63) is 0 Å². The molecule has 110 valence electrons. The number of aliphatic carboxylic acids is 2. The Morgan fingerprint density at radius 3 is 2.26 bits per heavy atom. The van der Waals surface area contributed by atoms with Crippen molar-refractivity contribution in [3.8, 4) is 0 Å². The van der Waals surface area contributed by atoms with Gasteiger partial charge in [0, 0.05) is 12.8 Å². The average Bonchev–Trinajstić information content (AvgIpc) is 2.29. The normalized spacial score (nSPS) is 12.2. The summed E-state index contributed by atoms with van der Waals surface area (Å²) in [4.78, 5) is 36.6. The highest BCUT2D eigenvalue weighted by atomic mass is 17.1. The maximum absolute atomic E-state index is 11.3. The van der Waals surface area contributed by atoms with Crippen molar-refractivity contribution in [1.82, 2.24) is 10.7 Å². The predicted molar refractivity (Wildman–Crippen MR) is 57.0 cm³/mol. The number of nitrogens with one attached hydrogen (secondary N) is 1. The van der Waals surface area contributed by atoms with Crippen LogP contribution in [0.2, 0.25) is 0 Å². The second-order valence-electron chi connectivity index (χ2n) is 3.58. The number of hydrogen-bond acceptors (Lipinski definition) is 7. The summed E-state index contributed by atoms with van der Waals surface area (Å²) in [5, 5.41) is 35.3. The van der Waals surface area contributed by atoms with Gasteiger partial charge in [-0.25, -0.2) is 4.79 Å². The highest BCUT2D eigenvalue weighted by Crippen LogP contribution is 2.00. The van der Waals surface area contributed by atoms with Gasteiger partial charge in [-0.2, -0.15) is 0 Å². The largest absolute Gasteiger partial charge is 0.481 e. The van der Waals surface area contributed by atoms with E-state index >= 15 is 0 Å². The fourth-order valence-electron chi connectivity index (χ4n) is 1.17. The van der Waals surface area contributed by atoms with E-state index in [9.17, 15) is 14.4 Å². The Balaban J connectivity index is 3.96. The second kappa shape index (κ2) is 9.22. The van der Waals surface area contributed by atoms with Gasteiger partial charge < -0.3 is 15.5 Å². The lowest BCUT2D eigenvalue weighted by atomic mass is 10.1. The van der Waals surface area contributed by atoms with Crippen molar-refractivity contribution >= 4 is 17.8 Å². The molecule has 0 saturated carbocycles. The Bertz CT molecular complexity index is 319. The zero-order valence-corrected chi connectivity index (χ0v) is 9.98. The monoisotopic (exact) mass is 280 g/mol. The molecule has 0 aromatic heterocycles. The van der Waals surface area contributed by atoms with Crippen molar-refractivity contribution < 1.29 is 39.8 Å². The Labute approximate surface area is 108 Å². The van der Waals surface area contributed by atoms with Gasteiger partial charge >= 0.3 is 11.9 Å². The molecule has 0 aromatic carbocycles. The first-order valence-corrected chi connectivity index (χ1v) is 5.37. The van der Waals surface area contributed by atoms with Crippen molar-refractivity contribution in [2.45, 2.75) is 31.7 Å². The maximum Gasteiger partial charge on any atom is 0.326 e. The third kappa shape index (κ3) is 9.91. The summed E-state index contributed by atoms with van der Waals surface area (Å²) in [7, 11) is 0. The molecule has 0 bridgehead atoms. The van der Waals surface area contributed by atoms with E-state index in [1.165, 1.54) is 0 Å². The SMILES string of the molecule is O=C(O)CCC(NC(=O)CCCON(O)O)C(=O)O. The minimum Gasteiger partial charge on any atom is -0.481 e. The summed E-state index contributed by atoms with van der Waals surface area (Å²) in [5.74, 6) is -3.06. The quantitative estimate of drug-likeness (QED) is 0.255. The lowest BCUT2D eigenvalue weighted by molar-refractivity contribution is -0.492. The van der Waals surface area contributed by atoms with E-state index in [1.54, 1.807) is 0 Å². The molecule has 0 radical (unpaired) electrons. The molecule has 0 saturated heterocycles. The maximum atomic E-state index is 11.3. The van der Waals surface area contributed by atoms with Gasteiger partial charge in [0.25, 0.3) is 0 Å². The van der Waals surface area contributed by atoms with Crippen molar-refractivity contribution in [2.24, 2.45) is 0 Å². The molecule has 0 spiro atoms. The molecule has 1 amide bonds. The average molecular weight is 280 g/mol. The Morgan fingerprint density at radius 1 is 1.16 bits per heavy atom. The van der Waals surface area contributed by atoms with Crippen LogP contribution < -0.4 is 5.32 Å². The predicted octanol–water partition coefficient (Wildman–Crippen LogP) is -0.787. The molecule has 0 aliphatic heterocycles. The number of carboxylic acids is 2. The molecular weight excluding hydrogens is 264 g/mol. The van der Waals surface area contributed by atoms with Crippen molar-refractivity contribution in [3.63, 3.8) is 0 Å². The smallest absolute Gasteiger partial charge is 0.326 e. The fourth-order valence-corrected chi connectivity index (χ4v) is 1.17. The van der Waals surface area contributed by atoms with E-state index in [4.69, 9.17) is 20.6 Å². The zero-order chi connectivity index (χ0) is 14.8. The zero-order valence-electron chi connectivity index (χ0n) is 9.98. The molecule has 1 atom stereocenters. The number of carboxylic acid groups (broad SMARTS) is 2. The van der Waals surface area contributed by atoms with Gasteiger partial charge in [-0.1, -0.05) is 0 Å². The number of rotatable bonds is 10. The molecular formula is C9H16N2O8. The summed E-state index contributed by atoms with van der Waals surface area (Å²) in [6.07, 6.45) is -0.544. The van der Waals surface area contributed by atoms with Crippen LogP contribution in [0, 0.1) is 0 Å². The summed E-state index contributed by atoms with van der Waals surface area (Å²) in [5.41, 5.74) is 0. The summed E-state index contributed by atoms with van der Waals surface area (Å²) < 4.78 is 0. The van der Waals surface area contributed by atoms with Gasteiger partial charge in [0.15, 0.2) is 0 Å². The van der Waals surface area contributed by atoms with Crippen molar-refractivity contribution in [2.75, 3.05) is 6.61 Å². The number of amides is 1. The lowest BCUT2D eigenvalue weighted by Gasteiger charge is -2.13. The number of hydrogen-bond donors (Lipinski definition) is 5. The van der Waals surface area contributed by atoms with Crippen LogP contribution in [0.15, 0.2) is 0 Å².